The molecule has 2 aromatic heterocycles. The highest BCUT2D eigenvalue weighted by atomic mass is 32.1. The number of thiazole rings is 1. The fraction of sp³-hybridized carbons (Fsp3) is 0.368. The molecule has 0 aromatic carbocycles. The number of carbonyl (C=O) groups is 2. The van der Waals surface area contributed by atoms with Gasteiger partial charge in [-0.15, -0.1) is 11.3 Å². The number of aromatic nitrogens is 2. The number of nitrogens with zero attached hydrogens (tertiary/aromatic N) is 2. The van der Waals surface area contributed by atoms with Crippen LogP contribution in [0.25, 0.3) is 12.2 Å². The minimum absolute atomic E-state index is 0.0562. The first kappa shape index (κ1) is 19.2. The summed E-state index contributed by atoms with van der Waals surface area (Å²) in [6, 6.07) is 1.78. The lowest BCUT2D eigenvalue weighted by atomic mass is 9.95. The van der Waals surface area contributed by atoms with Crippen LogP contribution < -0.4 is 5.32 Å². The van der Waals surface area contributed by atoms with Gasteiger partial charge < -0.3 is 15.2 Å². The largest absolute Gasteiger partial charge is 0.481 e. The predicted octanol–water partition coefficient (Wildman–Crippen LogP) is 3.12. The molecule has 2 N–H and O–H groups in total. The maximum absolute atomic E-state index is 12.4. The second-order valence-electron chi connectivity index (χ2n) is 6.68. The molecule has 142 valence electrons. The van der Waals surface area contributed by atoms with Crippen LogP contribution in [0.3, 0.4) is 0 Å². The van der Waals surface area contributed by atoms with Crippen molar-refractivity contribution in [2.45, 2.75) is 19.8 Å². The van der Waals surface area contributed by atoms with Crippen molar-refractivity contribution < 1.29 is 19.4 Å². The average Bonchev–Trinajstić information content (AvgIpc) is 3.30. The standard InChI is InChI=1S/C19H21N3O4S/c1-11(2)16-10-27-17(22-16)4-3-12-5-13(7-20-6-12)21-18(23)14-8-26-9-15(14)19(24)25/h3-7,10-11,14-15H,8-9H2,1-2H3,(H,21,23)(H,24,25). The Morgan fingerprint density at radius 3 is 2.78 bits per heavy atom. The van der Waals surface area contributed by atoms with Crippen LogP contribution in [0.2, 0.25) is 0 Å². The molecule has 0 saturated carbocycles. The lowest BCUT2D eigenvalue weighted by Gasteiger charge is -2.13. The Hall–Kier alpha value is -2.58. The molecule has 3 rings (SSSR count). The van der Waals surface area contributed by atoms with Crippen molar-refractivity contribution in [1.82, 2.24) is 9.97 Å². The summed E-state index contributed by atoms with van der Waals surface area (Å²) in [6.07, 6.45) is 7.00. The van der Waals surface area contributed by atoms with E-state index in [2.05, 4.69) is 29.1 Å². The number of aliphatic carboxylic acids is 1. The molecule has 0 aliphatic carbocycles. The Kier molecular flexibility index (Phi) is 5.98. The van der Waals surface area contributed by atoms with Gasteiger partial charge in [0.1, 0.15) is 5.01 Å². The molecule has 0 radical (unpaired) electrons. The highest BCUT2D eigenvalue weighted by Gasteiger charge is 2.39. The Balaban J connectivity index is 1.67. The van der Waals surface area contributed by atoms with Crippen molar-refractivity contribution in [3.8, 4) is 0 Å². The first-order valence-electron chi connectivity index (χ1n) is 8.64. The fourth-order valence-electron chi connectivity index (χ4n) is 2.72. The predicted molar refractivity (Wildman–Crippen MR) is 103 cm³/mol. The average molecular weight is 387 g/mol. The van der Waals surface area contributed by atoms with Crippen LogP contribution in [0.4, 0.5) is 5.69 Å². The van der Waals surface area contributed by atoms with Crippen LogP contribution >= 0.6 is 11.3 Å². The quantitative estimate of drug-likeness (QED) is 0.790. The molecular weight excluding hydrogens is 366 g/mol. The minimum Gasteiger partial charge on any atom is -0.481 e. The molecule has 2 unspecified atom stereocenters. The normalized spacial score (nSPS) is 19.7. The molecule has 1 aliphatic heterocycles. The lowest BCUT2D eigenvalue weighted by Crippen LogP contribution is -2.32. The highest BCUT2D eigenvalue weighted by Crippen LogP contribution is 2.23. The molecule has 1 amide bonds. The number of rotatable bonds is 6. The van der Waals surface area contributed by atoms with Gasteiger partial charge in [-0.2, -0.15) is 0 Å². The van der Waals surface area contributed by atoms with E-state index in [1.165, 1.54) is 6.20 Å². The molecule has 3 heterocycles. The summed E-state index contributed by atoms with van der Waals surface area (Å²) in [5.74, 6) is -2.53. The van der Waals surface area contributed by atoms with E-state index in [1.807, 2.05) is 17.5 Å². The zero-order valence-electron chi connectivity index (χ0n) is 15.1. The third-order valence-electron chi connectivity index (χ3n) is 4.31. The number of carbonyl (C=O) groups excluding carboxylic acids is 1. The van der Waals surface area contributed by atoms with Gasteiger partial charge in [0.2, 0.25) is 5.91 Å². The van der Waals surface area contributed by atoms with Crippen LogP contribution in [0, 0.1) is 11.8 Å². The van der Waals surface area contributed by atoms with Crippen LogP contribution in [0.5, 0.6) is 0 Å². The molecule has 2 atom stereocenters. The number of ether oxygens (including phenoxy) is 1. The first-order chi connectivity index (χ1) is 12.9. The van der Waals surface area contributed by atoms with Gasteiger partial charge in [0.25, 0.3) is 0 Å². The van der Waals surface area contributed by atoms with Crippen molar-refractivity contribution in [2.24, 2.45) is 11.8 Å². The molecule has 2 aromatic rings. The van der Waals surface area contributed by atoms with Crippen molar-refractivity contribution in [1.29, 1.82) is 0 Å². The summed E-state index contributed by atoms with van der Waals surface area (Å²) in [4.78, 5) is 32.3. The van der Waals surface area contributed by atoms with Crippen molar-refractivity contribution >= 4 is 41.1 Å². The van der Waals surface area contributed by atoms with Crippen molar-refractivity contribution in [2.75, 3.05) is 18.5 Å². The molecule has 7 nitrogen and oxygen atoms in total. The summed E-state index contributed by atoms with van der Waals surface area (Å²) in [6.45, 7) is 4.37. The number of carboxylic acid groups (broad SMARTS) is 1. The molecule has 0 spiro atoms. The minimum atomic E-state index is -1.02. The van der Waals surface area contributed by atoms with Gasteiger partial charge >= 0.3 is 5.97 Å². The summed E-state index contributed by atoms with van der Waals surface area (Å²) < 4.78 is 5.15. The van der Waals surface area contributed by atoms with Gasteiger partial charge in [0.05, 0.1) is 42.6 Å². The topological polar surface area (TPSA) is 101 Å². The smallest absolute Gasteiger partial charge is 0.309 e. The second kappa shape index (κ2) is 8.41. The summed E-state index contributed by atoms with van der Waals surface area (Å²) in [7, 11) is 0. The SMILES string of the molecule is CC(C)c1csc(C=Cc2cncc(NC(=O)C3COCC3C(=O)O)c2)n1. The molecule has 1 aliphatic rings. The lowest BCUT2D eigenvalue weighted by molar-refractivity contribution is -0.144. The number of nitrogens with one attached hydrogen (secondary N) is 1. The van der Waals surface area contributed by atoms with Crippen molar-refractivity contribution in [3.05, 3.63) is 40.1 Å². The van der Waals surface area contributed by atoms with Gasteiger partial charge in [-0.1, -0.05) is 19.9 Å². The summed E-state index contributed by atoms with van der Waals surface area (Å²) >= 11 is 1.57. The highest BCUT2D eigenvalue weighted by molar-refractivity contribution is 7.10. The van der Waals surface area contributed by atoms with Gasteiger partial charge in [0, 0.05) is 11.6 Å². The fourth-order valence-corrected chi connectivity index (χ4v) is 3.59. The monoisotopic (exact) mass is 387 g/mol. The third-order valence-corrected chi connectivity index (χ3v) is 5.14. The second-order valence-corrected chi connectivity index (χ2v) is 7.57. The number of anilines is 1. The van der Waals surface area contributed by atoms with E-state index in [0.717, 1.165) is 16.3 Å². The van der Waals surface area contributed by atoms with Crippen LogP contribution in [-0.2, 0) is 14.3 Å². The number of hydrogen-bond acceptors (Lipinski definition) is 6. The number of hydrogen-bond donors (Lipinski definition) is 2. The Bertz CT molecular complexity index is 862. The van der Waals surface area contributed by atoms with E-state index in [9.17, 15) is 14.7 Å². The van der Waals surface area contributed by atoms with Gasteiger partial charge in [-0.3, -0.25) is 14.6 Å². The molecular formula is C19H21N3O4S. The maximum Gasteiger partial charge on any atom is 0.309 e. The van der Waals surface area contributed by atoms with Crippen LogP contribution in [0.1, 0.15) is 36.0 Å². The summed E-state index contributed by atoms with van der Waals surface area (Å²) in [5.41, 5.74) is 2.39. The van der Waals surface area contributed by atoms with E-state index < -0.39 is 17.8 Å². The number of pyridine rings is 1. The van der Waals surface area contributed by atoms with E-state index in [-0.39, 0.29) is 19.1 Å². The number of carboxylic acids is 1. The summed E-state index contributed by atoms with van der Waals surface area (Å²) in [5, 5.41) is 14.9. The van der Waals surface area contributed by atoms with E-state index in [1.54, 1.807) is 23.6 Å². The molecule has 1 fully saturated rings. The third kappa shape index (κ3) is 4.78. The zero-order valence-corrected chi connectivity index (χ0v) is 15.9. The van der Waals surface area contributed by atoms with E-state index in [0.29, 0.717) is 11.6 Å². The number of amides is 1. The Morgan fingerprint density at radius 1 is 1.30 bits per heavy atom. The Labute approximate surface area is 161 Å². The van der Waals surface area contributed by atoms with E-state index >= 15 is 0 Å². The first-order valence-corrected chi connectivity index (χ1v) is 9.52. The molecule has 1 saturated heterocycles. The molecule has 27 heavy (non-hydrogen) atoms. The zero-order chi connectivity index (χ0) is 19.4. The van der Waals surface area contributed by atoms with Crippen LogP contribution in [0.15, 0.2) is 23.8 Å². The van der Waals surface area contributed by atoms with Gasteiger partial charge in [0.15, 0.2) is 0 Å². The van der Waals surface area contributed by atoms with Gasteiger partial charge in [-0.05, 0) is 23.6 Å². The van der Waals surface area contributed by atoms with Crippen molar-refractivity contribution in [3.63, 3.8) is 0 Å². The van der Waals surface area contributed by atoms with Crippen LogP contribution in [-0.4, -0.2) is 40.2 Å². The van der Waals surface area contributed by atoms with Gasteiger partial charge in [-0.25, -0.2) is 4.98 Å². The molecule has 0 bridgehead atoms. The molecule has 8 heteroatoms. The maximum atomic E-state index is 12.4. The van der Waals surface area contributed by atoms with E-state index in [4.69, 9.17) is 4.74 Å². The Morgan fingerprint density at radius 2 is 2.07 bits per heavy atom.